The number of rotatable bonds is 8. The monoisotopic (exact) mass is 363 g/mol. The highest BCUT2D eigenvalue weighted by atomic mass is 19.3. The Balaban J connectivity index is 2.13. The summed E-state index contributed by atoms with van der Waals surface area (Å²) in [4.78, 5) is 24.6. The van der Waals surface area contributed by atoms with E-state index in [1.807, 2.05) is 30.3 Å². The first-order valence-corrected chi connectivity index (χ1v) is 8.06. The van der Waals surface area contributed by atoms with E-state index >= 15 is 0 Å². The fourth-order valence-electron chi connectivity index (χ4n) is 2.34. The van der Waals surface area contributed by atoms with E-state index < -0.39 is 24.5 Å². The summed E-state index contributed by atoms with van der Waals surface area (Å²) in [6, 6.07) is 13.6. The molecule has 0 bridgehead atoms. The Morgan fingerprint density at radius 2 is 1.81 bits per heavy atom. The molecule has 0 aliphatic heterocycles. The van der Waals surface area contributed by atoms with E-state index in [1.165, 1.54) is 24.3 Å². The molecule has 0 aliphatic rings. The van der Waals surface area contributed by atoms with Crippen molar-refractivity contribution in [3.05, 3.63) is 65.7 Å². The molecule has 0 aliphatic carbocycles. The summed E-state index contributed by atoms with van der Waals surface area (Å²) in [6.45, 7) is -1.14. The second-order valence-electron chi connectivity index (χ2n) is 5.37. The zero-order chi connectivity index (χ0) is 18.9. The molecule has 1 N–H and O–H groups in total. The molecule has 0 saturated heterocycles. The summed E-state index contributed by atoms with van der Waals surface area (Å²) >= 11 is 0. The molecule has 5 nitrogen and oxygen atoms in total. The Kier molecular flexibility index (Phi) is 7.08. The summed E-state index contributed by atoms with van der Waals surface area (Å²) < 4.78 is 33.9. The molecule has 1 atom stereocenters. The predicted octanol–water partition coefficient (Wildman–Crippen LogP) is 3.19. The number of carbonyl (C=O) groups excluding carboxylic acids is 2. The average molecular weight is 363 g/mol. The summed E-state index contributed by atoms with van der Waals surface area (Å²) in [5.74, 6) is -1.29. The molecule has 1 unspecified atom stereocenters. The molecule has 0 aromatic heterocycles. The lowest BCUT2D eigenvalue weighted by molar-refractivity contribution is -0.145. The number of alkyl halides is 2. The topological polar surface area (TPSA) is 64.6 Å². The highest BCUT2D eigenvalue weighted by Crippen LogP contribution is 2.16. The van der Waals surface area contributed by atoms with Crippen LogP contribution < -0.4 is 10.1 Å². The molecule has 2 aromatic carbocycles. The lowest BCUT2D eigenvalue weighted by atomic mass is 10.1. The first-order valence-electron chi connectivity index (χ1n) is 8.06. The molecule has 2 rings (SSSR count). The van der Waals surface area contributed by atoms with E-state index in [0.717, 1.165) is 5.56 Å². The van der Waals surface area contributed by atoms with Gasteiger partial charge in [-0.1, -0.05) is 36.4 Å². The van der Waals surface area contributed by atoms with Gasteiger partial charge >= 0.3 is 12.6 Å². The molecular weight excluding hydrogens is 344 g/mol. The number of nitrogens with one attached hydrogen (secondary N) is 1. The average Bonchev–Trinajstić information content (AvgIpc) is 2.62. The largest absolute Gasteiger partial charge is 0.464 e. The van der Waals surface area contributed by atoms with Gasteiger partial charge in [0, 0.05) is 12.0 Å². The maximum absolute atomic E-state index is 12.4. The first kappa shape index (κ1) is 19.4. The Labute approximate surface area is 149 Å². The van der Waals surface area contributed by atoms with Crippen LogP contribution in [0.15, 0.2) is 54.6 Å². The molecule has 0 spiro atoms. The van der Waals surface area contributed by atoms with Gasteiger partial charge in [0.15, 0.2) is 0 Å². The van der Waals surface area contributed by atoms with E-state index in [1.54, 1.807) is 6.92 Å². The van der Waals surface area contributed by atoms with Crippen LogP contribution in [0.25, 0.3) is 0 Å². The van der Waals surface area contributed by atoms with Crippen LogP contribution in [0.5, 0.6) is 5.75 Å². The zero-order valence-electron chi connectivity index (χ0n) is 14.2. The Morgan fingerprint density at radius 3 is 2.46 bits per heavy atom. The van der Waals surface area contributed by atoms with Gasteiger partial charge in [0.2, 0.25) is 0 Å². The van der Waals surface area contributed by atoms with E-state index in [4.69, 9.17) is 4.74 Å². The van der Waals surface area contributed by atoms with E-state index in [-0.39, 0.29) is 24.3 Å². The molecule has 0 saturated carbocycles. The van der Waals surface area contributed by atoms with Gasteiger partial charge in [0.25, 0.3) is 5.91 Å². The Bertz CT molecular complexity index is 737. The van der Waals surface area contributed by atoms with E-state index in [9.17, 15) is 18.4 Å². The molecule has 138 valence electrons. The molecule has 0 heterocycles. The normalized spacial score (nSPS) is 11.7. The first-order chi connectivity index (χ1) is 12.5. The van der Waals surface area contributed by atoms with Crippen molar-refractivity contribution in [2.45, 2.75) is 26.0 Å². The molecule has 0 radical (unpaired) electrons. The number of carbonyl (C=O) groups is 2. The van der Waals surface area contributed by atoms with Crippen LogP contribution in [0.1, 0.15) is 22.8 Å². The summed E-state index contributed by atoms with van der Waals surface area (Å²) in [6.07, 6.45) is 0.249. The number of halogens is 2. The van der Waals surface area contributed by atoms with Crippen LogP contribution in [-0.4, -0.2) is 31.1 Å². The van der Waals surface area contributed by atoms with Gasteiger partial charge in [0.1, 0.15) is 11.8 Å². The fraction of sp³-hybridized carbons (Fsp3) is 0.263. The second-order valence-corrected chi connectivity index (χ2v) is 5.37. The van der Waals surface area contributed by atoms with Crippen molar-refractivity contribution >= 4 is 11.9 Å². The van der Waals surface area contributed by atoms with Crippen LogP contribution in [0.2, 0.25) is 0 Å². The standard InChI is InChI=1S/C19H19F2NO4/c1-2-25-18(24)16(11-13-7-4-3-5-8-13)22-17(23)14-9-6-10-15(12-14)26-19(20)21/h3-10,12,16,19H,2,11H2,1H3,(H,22,23). The van der Waals surface area contributed by atoms with Crippen molar-refractivity contribution in [2.24, 2.45) is 0 Å². The van der Waals surface area contributed by atoms with E-state index in [2.05, 4.69) is 10.1 Å². The van der Waals surface area contributed by atoms with Crippen molar-refractivity contribution in [3.8, 4) is 5.75 Å². The van der Waals surface area contributed by atoms with Crippen LogP contribution >= 0.6 is 0 Å². The van der Waals surface area contributed by atoms with Gasteiger partial charge in [-0.3, -0.25) is 4.79 Å². The predicted molar refractivity (Wildman–Crippen MR) is 91.1 cm³/mol. The molecule has 0 fully saturated rings. The van der Waals surface area contributed by atoms with Gasteiger partial charge in [0.05, 0.1) is 6.61 Å². The Hall–Kier alpha value is -2.96. The highest BCUT2D eigenvalue weighted by molar-refractivity contribution is 5.97. The van der Waals surface area contributed by atoms with Crippen LogP contribution in [0.4, 0.5) is 8.78 Å². The van der Waals surface area contributed by atoms with E-state index in [0.29, 0.717) is 0 Å². The SMILES string of the molecule is CCOC(=O)C(Cc1ccccc1)NC(=O)c1cccc(OC(F)F)c1. The van der Waals surface area contributed by atoms with Gasteiger partial charge in [-0.15, -0.1) is 0 Å². The molecule has 7 heteroatoms. The summed E-state index contributed by atoms with van der Waals surface area (Å²) in [7, 11) is 0. The quantitative estimate of drug-likeness (QED) is 0.732. The molecule has 2 aromatic rings. The lowest BCUT2D eigenvalue weighted by Gasteiger charge is -2.17. The van der Waals surface area contributed by atoms with Gasteiger partial charge in [-0.25, -0.2) is 4.79 Å². The third kappa shape index (κ3) is 5.84. The van der Waals surface area contributed by atoms with Crippen molar-refractivity contribution in [3.63, 3.8) is 0 Å². The van der Waals surface area contributed by atoms with Crippen molar-refractivity contribution < 1.29 is 27.8 Å². The van der Waals surface area contributed by atoms with Gasteiger partial charge < -0.3 is 14.8 Å². The second kappa shape index (κ2) is 9.50. The number of amides is 1. The zero-order valence-corrected chi connectivity index (χ0v) is 14.2. The maximum Gasteiger partial charge on any atom is 0.387 e. The minimum atomic E-state index is -2.99. The number of hydrogen-bond acceptors (Lipinski definition) is 4. The van der Waals surface area contributed by atoms with Gasteiger partial charge in [-0.05, 0) is 30.7 Å². The van der Waals surface area contributed by atoms with Crippen LogP contribution in [0.3, 0.4) is 0 Å². The minimum absolute atomic E-state index is 0.102. The lowest BCUT2D eigenvalue weighted by Crippen LogP contribution is -2.43. The summed E-state index contributed by atoms with van der Waals surface area (Å²) in [5.41, 5.74) is 0.950. The third-order valence-electron chi connectivity index (χ3n) is 3.48. The smallest absolute Gasteiger partial charge is 0.387 e. The molecule has 26 heavy (non-hydrogen) atoms. The van der Waals surface area contributed by atoms with Crippen molar-refractivity contribution in [1.29, 1.82) is 0 Å². The number of hydrogen-bond donors (Lipinski definition) is 1. The highest BCUT2D eigenvalue weighted by Gasteiger charge is 2.23. The van der Waals surface area contributed by atoms with Crippen LogP contribution in [-0.2, 0) is 16.0 Å². The van der Waals surface area contributed by atoms with Crippen LogP contribution in [0, 0.1) is 0 Å². The number of benzene rings is 2. The molecular formula is C19H19F2NO4. The molecule has 1 amide bonds. The third-order valence-corrected chi connectivity index (χ3v) is 3.48. The fourth-order valence-corrected chi connectivity index (χ4v) is 2.34. The van der Waals surface area contributed by atoms with Crippen molar-refractivity contribution in [2.75, 3.05) is 6.61 Å². The maximum atomic E-state index is 12.4. The summed E-state index contributed by atoms with van der Waals surface area (Å²) in [5, 5.41) is 2.59. The Morgan fingerprint density at radius 1 is 1.08 bits per heavy atom. The minimum Gasteiger partial charge on any atom is -0.464 e. The van der Waals surface area contributed by atoms with Crippen molar-refractivity contribution in [1.82, 2.24) is 5.32 Å². The van der Waals surface area contributed by atoms with Gasteiger partial charge in [-0.2, -0.15) is 8.78 Å². The number of ether oxygens (including phenoxy) is 2. The number of esters is 1.